The van der Waals surface area contributed by atoms with Crippen LogP contribution in [0.15, 0.2) is 30.6 Å². The van der Waals surface area contributed by atoms with Crippen molar-refractivity contribution in [3.05, 3.63) is 41.9 Å². The Balaban J connectivity index is 1.55. The first-order chi connectivity index (χ1) is 14.6. The number of benzene rings is 1. The van der Waals surface area contributed by atoms with Crippen molar-refractivity contribution in [3.63, 3.8) is 0 Å². The van der Waals surface area contributed by atoms with Crippen LogP contribution >= 0.6 is 11.3 Å². The molecule has 0 unspecified atom stereocenters. The molecule has 3 aromatic heterocycles. The molecule has 1 fully saturated rings. The van der Waals surface area contributed by atoms with Crippen LogP contribution in [0.1, 0.15) is 24.1 Å². The summed E-state index contributed by atoms with van der Waals surface area (Å²) < 4.78 is 14.6. The van der Waals surface area contributed by atoms with E-state index in [1.54, 1.807) is 18.4 Å². The number of ether oxygens (including phenoxy) is 2. The van der Waals surface area contributed by atoms with Crippen LogP contribution in [-0.2, 0) is 11.3 Å². The number of aromatic nitrogens is 3. The van der Waals surface area contributed by atoms with Gasteiger partial charge in [-0.3, -0.25) is 0 Å². The second kappa shape index (κ2) is 7.86. The van der Waals surface area contributed by atoms with Crippen molar-refractivity contribution >= 4 is 32.8 Å². The summed E-state index contributed by atoms with van der Waals surface area (Å²) >= 11 is 1.69. The third kappa shape index (κ3) is 3.40. The zero-order chi connectivity index (χ0) is 20.7. The fourth-order valence-corrected chi connectivity index (χ4v) is 5.33. The molecule has 5 rings (SSSR count). The van der Waals surface area contributed by atoms with Crippen molar-refractivity contribution in [2.45, 2.75) is 32.4 Å². The molecule has 7 nitrogen and oxygen atoms in total. The van der Waals surface area contributed by atoms with Gasteiger partial charge < -0.3 is 20.5 Å². The van der Waals surface area contributed by atoms with E-state index in [2.05, 4.69) is 46.6 Å². The highest BCUT2D eigenvalue weighted by Crippen LogP contribution is 2.42. The predicted molar refractivity (Wildman–Crippen MR) is 120 cm³/mol. The van der Waals surface area contributed by atoms with Gasteiger partial charge in [-0.05, 0) is 55.5 Å². The summed E-state index contributed by atoms with van der Waals surface area (Å²) in [6, 6.07) is 8.98. The predicted octanol–water partition coefficient (Wildman–Crippen LogP) is 3.78. The van der Waals surface area contributed by atoms with Crippen LogP contribution in [0, 0.1) is 6.92 Å². The van der Waals surface area contributed by atoms with Crippen LogP contribution in [0.5, 0.6) is 5.75 Å². The average molecular weight is 424 g/mol. The molecule has 0 spiro atoms. The van der Waals surface area contributed by atoms with Crippen LogP contribution < -0.4 is 15.8 Å². The lowest BCUT2D eigenvalue weighted by Crippen LogP contribution is -2.26. The summed E-state index contributed by atoms with van der Waals surface area (Å²) in [5, 5.41) is 9.07. The van der Waals surface area contributed by atoms with Gasteiger partial charge in [0.1, 0.15) is 17.6 Å². The molecule has 0 amide bonds. The highest BCUT2D eigenvalue weighted by atomic mass is 32.1. The molecule has 1 aliphatic rings. The fraction of sp³-hybridized carbons (Fsp3) is 0.364. The molecule has 1 aromatic carbocycles. The molecule has 0 saturated carbocycles. The third-order valence-corrected chi connectivity index (χ3v) is 6.80. The molecule has 30 heavy (non-hydrogen) atoms. The van der Waals surface area contributed by atoms with Crippen molar-refractivity contribution in [1.29, 1.82) is 0 Å². The van der Waals surface area contributed by atoms with Crippen molar-refractivity contribution in [1.82, 2.24) is 19.9 Å². The Hall–Kier alpha value is -2.68. The second-order valence-corrected chi connectivity index (χ2v) is 8.81. The summed E-state index contributed by atoms with van der Waals surface area (Å²) in [7, 11) is 1.71. The third-order valence-electron chi connectivity index (χ3n) is 5.60. The number of methoxy groups -OCH3 is 1. The molecule has 1 saturated heterocycles. The molecule has 156 valence electrons. The number of thiophene rings is 1. The van der Waals surface area contributed by atoms with E-state index in [1.807, 2.05) is 4.52 Å². The number of nitrogens with zero attached hydrogens (tertiary/aromatic N) is 3. The minimum atomic E-state index is 0.439. The Morgan fingerprint density at radius 3 is 3.00 bits per heavy atom. The summed E-state index contributed by atoms with van der Waals surface area (Å²) in [5.41, 5.74) is 10.2. The first kappa shape index (κ1) is 19.3. The fourth-order valence-electron chi connectivity index (χ4n) is 4.18. The molecular weight excluding hydrogens is 398 g/mol. The van der Waals surface area contributed by atoms with Gasteiger partial charge in [-0.15, -0.1) is 11.3 Å². The van der Waals surface area contributed by atoms with Gasteiger partial charge in [-0.1, -0.05) is 6.07 Å². The van der Waals surface area contributed by atoms with Crippen molar-refractivity contribution in [3.8, 4) is 16.2 Å². The molecule has 0 aliphatic carbocycles. The lowest BCUT2D eigenvalue weighted by Gasteiger charge is -2.10. The van der Waals surface area contributed by atoms with Gasteiger partial charge in [0, 0.05) is 16.5 Å². The maximum atomic E-state index is 6.27. The average Bonchev–Trinajstić information content (AvgIpc) is 3.46. The van der Waals surface area contributed by atoms with E-state index < -0.39 is 0 Å². The van der Waals surface area contributed by atoms with Gasteiger partial charge in [0.25, 0.3) is 0 Å². The van der Waals surface area contributed by atoms with Crippen LogP contribution in [0.2, 0.25) is 0 Å². The molecule has 1 atom stereocenters. The Kier molecular flexibility index (Phi) is 5.06. The smallest absolute Gasteiger partial charge is 0.152 e. The number of nitrogens with one attached hydrogen (secondary N) is 1. The summed E-state index contributed by atoms with van der Waals surface area (Å²) in [6.45, 7) is 4.32. The van der Waals surface area contributed by atoms with Gasteiger partial charge >= 0.3 is 0 Å². The maximum Gasteiger partial charge on any atom is 0.152 e. The van der Waals surface area contributed by atoms with Crippen LogP contribution in [-0.4, -0.2) is 40.9 Å². The first-order valence-electron chi connectivity index (χ1n) is 10.1. The van der Waals surface area contributed by atoms with E-state index >= 15 is 0 Å². The van der Waals surface area contributed by atoms with Crippen molar-refractivity contribution < 1.29 is 9.47 Å². The minimum absolute atomic E-state index is 0.439. The molecule has 1 aliphatic heterocycles. The summed E-state index contributed by atoms with van der Waals surface area (Å²) in [4.78, 5) is 5.33. The number of rotatable bonds is 6. The topological polar surface area (TPSA) is 86.7 Å². The molecule has 0 radical (unpaired) electrons. The molecular formula is C22H25N5O2S. The highest BCUT2D eigenvalue weighted by Gasteiger charge is 2.19. The minimum Gasteiger partial charge on any atom is -0.495 e. The monoisotopic (exact) mass is 423 g/mol. The second-order valence-electron chi connectivity index (χ2n) is 7.76. The largest absolute Gasteiger partial charge is 0.495 e. The number of fused-ring (bicyclic) bond motifs is 2. The highest BCUT2D eigenvalue weighted by molar-refractivity contribution is 7.22. The van der Waals surface area contributed by atoms with Gasteiger partial charge in [0.15, 0.2) is 5.82 Å². The summed E-state index contributed by atoms with van der Waals surface area (Å²) in [6.07, 6.45) is 3.87. The Labute approximate surface area is 178 Å². The first-order valence-corrected chi connectivity index (χ1v) is 11.0. The maximum absolute atomic E-state index is 6.27. The quantitative estimate of drug-likeness (QED) is 0.491. The Morgan fingerprint density at radius 1 is 1.30 bits per heavy atom. The van der Waals surface area contributed by atoms with E-state index in [9.17, 15) is 0 Å². The van der Waals surface area contributed by atoms with E-state index in [0.717, 1.165) is 50.5 Å². The Morgan fingerprint density at radius 2 is 2.20 bits per heavy atom. The molecule has 8 heteroatoms. The van der Waals surface area contributed by atoms with Gasteiger partial charge in [-0.2, -0.15) is 5.10 Å². The van der Waals surface area contributed by atoms with Crippen molar-refractivity contribution in [2.75, 3.05) is 26.0 Å². The molecule has 3 N–H and O–H groups in total. The molecule has 4 aromatic rings. The van der Waals surface area contributed by atoms with E-state index in [4.69, 9.17) is 15.2 Å². The van der Waals surface area contributed by atoms with Gasteiger partial charge in [0.05, 0.1) is 30.7 Å². The Bertz CT molecular complexity index is 1210. The lowest BCUT2D eigenvalue weighted by molar-refractivity contribution is 0.0999. The van der Waals surface area contributed by atoms with E-state index in [1.165, 1.54) is 18.3 Å². The van der Waals surface area contributed by atoms with Crippen molar-refractivity contribution in [2.24, 2.45) is 0 Å². The van der Waals surface area contributed by atoms with Crippen LogP contribution in [0.4, 0.5) is 5.82 Å². The van der Waals surface area contributed by atoms with Crippen LogP contribution in [0.25, 0.3) is 26.0 Å². The molecule has 4 heterocycles. The normalized spacial score (nSPS) is 16.7. The standard InChI is InChI=1S/C22H25N5O2S/c1-13-6-14-8-19(30-21(14)18(7-13)28-2)17-9-16(11-29-10-15-4-3-5-24-15)27-20(17)22(23)25-12-26-27/h6-9,12,15,24H,3-5,10-11H2,1-2H3,(H2,23,25,26)/t15-/m0/s1. The lowest BCUT2D eigenvalue weighted by atomic mass is 10.1. The SMILES string of the molecule is COc1cc(C)cc2cc(-c3cc(COC[C@@H]4CCCN4)n4ncnc(N)c34)sc12. The zero-order valence-electron chi connectivity index (χ0n) is 17.1. The summed E-state index contributed by atoms with van der Waals surface area (Å²) in [5.74, 6) is 1.35. The number of nitrogens with two attached hydrogens (primary N) is 1. The number of hydrogen-bond donors (Lipinski definition) is 2. The van der Waals surface area contributed by atoms with E-state index in [0.29, 0.717) is 25.1 Å². The van der Waals surface area contributed by atoms with Gasteiger partial charge in [0.2, 0.25) is 0 Å². The van der Waals surface area contributed by atoms with Gasteiger partial charge in [-0.25, -0.2) is 9.50 Å². The molecule has 0 bridgehead atoms. The number of anilines is 1. The van der Waals surface area contributed by atoms with E-state index in [-0.39, 0.29) is 0 Å². The van der Waals surface area contributed by atoms with Crippen LogP contribution in [0.3, 0.4) is 0 Å². The zero-order valence-corrected chi connectivity index (χ0v) is 18.0. The number of nitrogen functional groups attached to an aromatic ring is 1. The number of hydrogen-bond acceptors (Lipinski definition) is 7. The number of aryl methyl sites for hydroxylation is 1.